The molecule has 94 valence electrons. The van der Waals surface area contributed by atoms with Crippen LogP contribution in [0.4, 0.5) is 11.5 Å². The first-order valence-electron chi connectivity index (χ1n) is 5.61. The van der Waals surface area contributed by atoms with Crippen molar-refractivity contribution >= 4 is 11.5 Å². The maximum Gasteiger partial charge on any atom is 0.181 e. The number of nitrogen functional groups attached to an aromatic ring is 2. The third-order valence-corrected chi connectivity index (χ3v) is 2.74. The zero-order valence-electron chi connectivity index (χ0n) is 9.95. The van der Waals surface area contributed by atoms with Crippen LogP contribution < -0.4 is 11.5 Å². The summed E-state index contributed by atoms with van der Waals surface area (Å²) in [5.41, 5.74) is 14.4. The van der Waals surface area contributed by atoms with Crippen LogP contribution in [0, 0.1) is 0 Å². The van der Waals surface area contributed by atoms with E-state index in [-0.39, 0.29) is 5.82 Å². The van der Waals surface area contributed by atoms with Gasteiger partial charge in [0.1, 0.15) is 11.5 Å². The van der Waals surface area contributed by atoms with E-state index >= 15 is 0 Å². The number of oxazole rings is 1. The van der Waals surface area contributed by atoms with Crippen molar-refractivity contribution in [3.8, 4) is 22.6 Å². The van der Waals surface area contributed by atoms with E-state index in [0.29, 0.717) is 17.1 Å². The summed E-state index contributed by atoms with van der Waals surface area (Å²) in [5, 5.41) is 0. The molecular weight excluding hydrogens is 242 g/mol. The highest BCUT2D eigenvalue weighted by Gasteiger charge is 2.14. The Morgan fingerprint density at radius 2 is 1.84 bits per heavy atom. The molecule has 0 saturated carbocycles. The topological polar surface area (TPSA) is 104 Å². The molecule has 0 saturated heterocycles. The molecule has 0 unspecified atom stereocenters. The lowest BCUT2D eigenvalue weighted by Crippen LogP contribution is -2.01. The van der Waals surface area contributed by atoms with Gasteiger partial charge in [0, 0.05) is 18.0 Å². The van der Waals surface area contributed by atoms with Gasteiger partial charge in [0.15, 0.2) is 12.2 Å². The second-order valence-electron chi connectivity index (χ2n) is 3.96. The number of nitrogens with two attached hydrogens (primary N) is 2. The normalized spacial score (nSPS) is 10.5. The molecule has 0 bridgehead atoms. The second-order valence-corrected chi connectivity index (χ2v) is 3.96. The highest BCUT2D eigenvalue weighted by molar-refractivity contribution is 5.83. The van der Waals surface area contributed by atoms with Gasteiger partial charge in [0.2, 0.25) is 0 Å². The molecule has 0 aliphatic carbocycles. The van der Waals surface area contributed by atoms with Gasteiger partial charge in [0.25, 0.3) is 0 Å². The van der Waals surface area contributed by atoms with Gasteiger partial charge in [-0.05, 0) is 23.8 Å². The summed E-state index contributed by atoms with van der Waals surface area (Å²) in [5.74, 6) is 0.808. The average Bonchev–Trinajstić information content (AvgIpc) is 2.96. The molecule has 3 heterocycles. The number of hydrogen-bond donors (Lipinski definition) is 2. The maximum atomic E-state index is 5.83. The molecular formula is C13H11N5O. The molecule has 3 rings (SSSR count). The van der Waals surface area contributed by atoms with Crippen LogP contribution in [0.25, 0.3) is 22.6 Å². The lowest BCUT2D eigenvalue weighted by Gasteiger charge is -2.09. The van der Waals surface area contributed by atoms with Crippen LogP contribution in [0.3, 0.4) is 0 Å². The second kappa shape index (κ2) is 4.41. The summed E-state index contributed by atoms with van der Waals surface area (Å²) in [7, 11) is 0. The third-order valence-electron chi connectivity index (χ3n) is 2.74. The number of anilines is 2. The van der Waals surface area contributed by atoms with Crippen molar-refractivity contribution in [2.75, 3.05) is 11.5 Å². The van der Waals surface area contributed by atoms with Gasteiger partial charge in [-0.25, -0.2) is 9.97 Å². The lowest BCUT2D eigenvalue weighted by molar-refractivity contribution is 0.570. The van der Waals surface area contributed by atoms with Crippen LogP contribution in [0.5, 0.6) is 0 Å². The fraction of sp³-hybridized carbons (Fsp3) is 0. The third kappa shape index (κ3) is 1.99. The molecule has 6 heteroatoms. The van der Waals surface area contributed by atoms with Gasteiger partial charge in [-0.15, -0.1) is 0 Å². The van der Waals surface area contributed by atoms with Gasteiger partial charge in [-0.2, -0.15) is 0 Å². The molecule has 0 amide bonds. The van der Waals surface area contributed by atoms with Gasteiger partial charge in [-0.1, -0.05) is 0 Å². The standard InChI is InChI=1S/C13H11N5O/c14-10-5-9(8-1-3-16-4-2-8)12(18-13(10)15)11-6-17-7-19-11/h1-7H,14H2,(H2,15,18). The Balaban J connectivity index is 2.26. The molecule has 0 fully saturated rings. The first kappa shape index (κ1) is 11.2. The molecule has 3 aromatic heterocycles. The highest BCUT2D eigenvalue weighted by Crippen LogP contribution is 2.33. The van der Waals surface area contributed by atoms with E-state index in [2.05, 4.69) is 15.0 Å². The van der Waals surface area contributed by atoms with E-state index in [1.165, 1.54) is 6.39 Å². The van der Waals surface area contributed by atoms with Gasteiger partial charge in [-0.3, -0.25) is 4.98 Å². The first-order chi connectivity index (χ1) is 9.25. The number of rotatable bonds is 2. The van der Waals surface area contributed by atoms with Gasteiger partial charge in [0.05, 0.1) is 11.9 Å². The summed E-state index contributed by atoms with van der Waals surface area (Å²) in [4.78, 5) is 12.2. The Labute approximate surface area is 109 Å². The van der Waals surface area contributed by atoms with Crippen molar-refractivity contribution < 1.29 is 4.42 Å². The summed E-state index contributed by atoms with van der Waals surface area (Å²) in [6.45, 7) is 0. The van der Waals surface area contributed by atoms with Crippen molar-refractivity contribution in [2.45, 2.75) is 0 Å². The molecule has 3 aromatic rings. The smallest absolute Gasteiger partial charge is 0.181 e. The van der Waals surface area contributed by atoms with Gasteiger partial charge < -0.3 is 15.9 Å². The van der Waals surface area contributed by atoms with Crippen LogP contribution >= 0.6 is 0 Å². The Bertz CT molecular complexity index is 695. The van der Waals surface area contributed by atoms with Crippen LogP contribution in [-0.2, 0) is 0 Å². The monoisotopic (exact) mass is 253 g/mol. The summed E-state index contributed by atoms with van der Waals surface area (Å²) in [6.07, 6.45) is 6.33. The summed E-state index contributed by atoms with van der Waals surface area (Å²) >= 11 is 0. The van der Waals surface area contributed by atoms with Crippen molar-refractivity contribution in [2.24, 2.45) is 0 Å². The number of pyridine rings is 2. The summed E-state index contributed by atoms with van der Waals surface area (Å²) in [6, 6.07) is 5.51. The predicted octanol–water partition coefficient (Wildman–Crippen LogP) is 1.96. The van der Waals surface area contributed by atoms with Crippen molar-refractivity contribution in [3.05, 3.63) is 43.2 Å². The van der Waals surface area contributed by atoms with E-state index < -0.39 is 0 Å². The molecule has 0 aliphatic heterocycles. The van der Waals surface area contributed by atoms with Crippen LogP contribution in [0.1, 0.15) is 0 Å². The van der Waals surface area contributed by atoms with E-state index in [1.54, 1.807) is 24.7 Å². The van der Waals surface area contributed by atoms with Crippen LogP contribution in [0.2, 0.25) is 0 Å². The predicted molar refractivity (Wildman–Crippen MR) is 71.8 cm³/mol. The Kier molecular flexibility index (Phi) is 2.60. The fourth-order valence-electron chi connectivity index (χ4n) is 1.82. The van der Waals surface area contributed by atoms with E-state index in [0.717, 1.165) is 11.1 Å². The quantitative estimate of drug-likeness (QED) is 0.723. The Hall–Kier alpha value is -2.89. The molecule has 0 aliphatic rings. The largest absolute Gasteiger partial charge is 0.442 e. The minimum Gasteiger partial charge on any atom is -0.442 e. The number of hydrogen-bond acceptors (Lipinski definition) is 6. The molecule has 19 heavy (non-hydrogen) atoms. The Morgan fingerprint density at radius 1 is 1.05 bits per heavy atom. The fourth-order valence-corrected chi connectivity index (χ4v) is 1.82. The number of aromatic nitrogens is 3. The lowest BCUT2D eigenvalue weighted by atomic mass is 10.0. The molecule has 0 radical (unpaired) electrons. The van der Waals surface area contributed by atoms with Crippen molar-refractivity contribution in [1.29, 1.82) is 0 Å². The Morgan fingerprint density at radius 3 is 2.53 bits per heavy atom. The zero-order chi connectivity index (χ0) is 13.2. The van der Waals surface area contributed by atoms with E-state index in [4.69, 9.17) is 15.9 Å². The van der Waals surface area contributed by atoms with Gasteiger partial charge >= 0.3 is 0 Å². The van der Waals surface area contributed by atoms with E-state index in [9.17, 15) is 0 Å². The minimum atomic E-state index is 0.268. The van der Waals surface area contributed by atoms with E-state index in [1.807, 2.05) is 12.1 Å². The first-order valence-corrected chi connectivity index (χ1v) is 5.61. The molecule has 0 spiro atoms. The van der Waals surface area contributed by atoms with Crippen molar-refractivity contribution in [3.63, 3.8) is 0 Å². The van der Waals surface area contributed by atoms with Crippen LogP contribution in [0.15, 0.2) is 47.6 Å². The molecule has 4 N–H and O–H groups in total. The van der Waals surface area contributed by atoms with Crippen LogP contribution in [-0.4, -0.2) is 15.0 Å². The minimum absolute atomic E-state index is 0.268. The molecule has 0 atom stereocenters. The zero-order valence-corrected chi connectivity index (χ0v) is 9.95. The SMILES string of the molecule is Nc1cc(-c2ccncc2)c(-c2cnco2)nc1N. The summed E-state index contributed by atoms with van der Waals surface area (Å²) < 4.78 is 5.29. The highest BCUT2D eigenvalue weighted by atomic mass is 16.3. The maximum absolute atomic E-state index is 5.83. The molecule has 0 aromatic carbocycles. The number of nitrogens with zero attached hydrogens (tertiary/aromatic N) is 3. The van der Waals surface area contributed by atoms with Crippen molar-refractivity contribution in [1.82, 2.24) is 15.0 Å². The molecule has 6 nitrogen and oxygen atoms in total. The average molecular weight is 253 g/mol.